The van der Waals surface area contributed by atoms with Crippen molar-refractivity contribution >= 4 is 5.82 Å². The van der Waals surface area contributed by atoms with E-state index >= 15 is 0 Å². The summed E-state index contributed by atoms with van der Waals surface area (Å²) < 4.78 is 0. The minimum atomic E-state index is 0.585. The van der Waals surface area contributed by atoms with Crippen LogP contribution in [-0.4, -0.2) is 36.1 Å². The zero-order chi connectivity index (χ0) is 11.0. The standard InChI is InChI=1S/C12H18N4/c1-16(10-4-6-13-8-10)11-5-7-14-12(15-11)9-2-3-9/h5,7,9-10,13H,2-4,6,8H2,1H3. The molecule has 1 atom stereocenters. The zero-order valence-corrected chi connectivity index (χ0v) is 9.69. The lowest BCUT2D eigenvalue weighted by Crippen LogP contribution is -2.34. The average Bonchev–Trinajstić information content (AvgIpc) is 3.04. The van der Waals surface area contributed by atoms with E-state index in [1.165, 1.54) is 19.3 Å². The fourth-order valence-electron chi connectivity index (χ4n) is 2.26. The number of nitrogens with one attached hydrogen (secondary N) is 1. The molecule has 0 aromatic carbocycles. The van der Waals surface area contributed by atoms with E-state index in [2.05, 4.69) is 27.2 Å². The van der Waals surface area contributed by atoms with Crippen LogP contribution in [0.25, 0.3) is 0 Å². The fraction of sp³-hybridized carbons (Fsp3) is 0.667. The molecule has 1 unspecified atom stereocenters. The van der Waals surface area contributed by atoms with E-state index in [4.69, 9.17) is 0 Å². The summed E-state index contributed by atoms with van der Waals surface area (Å²) in [5, 5.41) is 3.39. The highest BCUT2D eigenvalue weighted by Crippen LogP contribution is 2.38. The number of hydrogen-bond donors (Lipinski definition) is 1. The Morgan fingerprint density at radius 3 is 2.94 bits per heavy atom. The molecule has 3 rings (SSSR count). The minimum Gasteiger partial charge on any atom is -0.355 e. The van der Waals surface area contributed by atoms with Crippen LogP contribution in [0.15, 0.2) is 12.3 Å². The fourth-order valence-corrected chi connectivity index (χ4v) is 2.26. The van der Waals surface area contributed by atoms with Crippen LogP contribution in [-0.2, 0) is 0 Å². The van der Waals surface area contributed by atoms with Crippen molar-refractivity contribution in [2.24, 2.45) is 0 Å². The van der Waals surface area contributed by atoms with Crippen molar-refractivity contribution < 1.29 is 0 Å². The molecule has 1 saturated carbocycles. The molecule has 4 heteroatoms. The highest BCUT2D eigenvalue weighted by Gasteiger charge is 2.27. The van der Waals surface area contributed by atoms with Gasteiger partial charge >= 0.3 is 0 Å². The van der Waals surface area contributed by atoms with Gasteiger partial charge in [0, 0.05) is 31.7 Å². The Hall–Kier alpha value is -1.16. The lowest BCUT2D eigenvalue weighted by Gasteiger charge is -2.24. The molecule has 1 aromatic heterocycles. The van der Waals surface area contributed by atoms with E-state index in [0.717, 1.165) is 24.7 Å². The molecule has 1 aliphatic heterocycles. The molecular weight excluding hydrogens is 200 g/mol. The minimum absolute atomic E-state index is 0.585. The Bertz CT molecular complexity index is 369. The molecule has 16 heavy (non-hydrogen) atoms. The van der Waals surface area contributed by atoms with E-state index in [1.54, 1.807) is 0 Å². The second kappa shape index (κ2) is 4.01. The first-order chi connectivity index (χ1) is 7.84. The maximum absolute atomic E-state index is 4.67. The number of anilines is 1. The van der Waals surface area contributed by atoms with Gasteiger partial charge in [0.2, 0.25) is 0 Å². The van der Waals surface area contributed by atoms with Crippen LogP contribution in [0.3, 0.4) is 0 Å². The van der Waals surface area contributed by atoms with Crippen LogP contribution in [0.1, 0.15) is 31.0 Å². The summed E-state index contributed by atoms with van der Waals surface area (Å²) in [6, 6.07) is 2.60. The molecule has 2 aliphatic rings. The van der Waals surface area contributed by atoms with Gasteiger partial charge in [-0.05, 0) is 31.9 Å². The molecule has 0 radical (unpaired) electrons. The van der Waals surface area contributed by atoms with Gasteiger partial charge in [-0.25, -0.2) is 9.97 Å². The first kappa shape index (κ1) is 10.0. The largest absolute Gasteiger partial charge is 0.355 e. The second-order valence-electron chi connectivity index (χ2n) is 4.80. The Balaban J connectivity index is 1.78. The molecule has 1 saturated heterocycles. The van der Waals surface area contributed by atoms with Gasteiger partial charge in [0.05, 0.1) is 0 Å². The molecule has 86 valence electrons. The topological polar surface area (TPSA) is 41.1 Å². The summed E-state index contributed by atoms with van der Waals surface area (Å²) in [6.07, 6.45) is 5.63. The summed E-state index contributed by atoms with van der Waals surface area (Å²) in [5.74, 6) is 2.75. The molecule has 2 heterocycles. The molecule has 1 N–H and O–H groups in total. The van der Waals surface area contributed by atoms with Crippen molar-refractivity contribution in [3.63, 3.8) is 0 Å². The van der Waals surface area contributed by atoms with Crippen molar-refractivity contribution in [1.29, 1.82) is 0 Å². The predicted octanol–water partition coefficient (Wildman–Crippen LogP) is 1.15. The third-order valence-electron chi connectivity index (χ3n) is 3.55. The van der Waals surface area contributed by atoms with Crippen LogP contribution in [0, 0.1) is 0 Å². The Morgan fingerprint density at radius 2 is 2.25 bits per heavy atom. The van der Waals surface area contributed by atoms with Crippen LogP contribution in [0.5, 0.6) is 0 Å². The van der Waals surface area contributed by atoms with E-state index in [0.29, 0.717) is 12.0 Å². The SMILES string of the molecule is CN(c1ccnc(C2CC2)n1)C1CCNC1. The maximum Gasteiger partial charge on any atom is 0.133 e. The van der Waals surface area contributed by atoms with Gasteiger partial charge in [-0.1, -0.05) is 0 Å². The molecule has 0 amide bonds. The van der Waals surface area contributed by atoms with Crippen LogP contribution in [0.4, 0.5) is 5.82 Å². The summed E-state index contributed by atoms with van der Waals surface area (Å²) >= 11 is 0. The molecule has 1 aromatic rings. The van der Waals surface area contributed by atoms with Gasteiger partial charge in [-0.2, -0.15) is 0 Å². The van der Waals surface area contributed by atoms with Gasteiger partial charge in [0.15, 0.2) is 0 Å². The molecule has 0 spiro atoms. The number of hydrogen-bond acceptors (Lipinski definition) is 4. The molecular formula is C12H18N4. The van der Waals surface area contributed by atoms with Crippen molar-refractivity contribution in [2.45, 2.75) is 31.2 Å². The summed E-state index contributed by atoms with van der Waals surface area (Å²) in [7, 11) is 2.14. The molecule has 2 fully saturated rings. The second-order valence-corrected chi connectivity index (χ2v) is 4.80. The lowest BCUT2D eigenvalue weighted by atomic mass is 10.2. The third kappa shape index (κ3) is 1.89. The summed E-state index contributed by atoms with van der Waals surface area (Å²) in [4.78, 5) is 11.3. The molecule has 1 aliphatic carbocycles. The highest BCUT2D eigenvalue weighted by atomic mass is 15.2. The quantitative estimate of drug-likeness (QED) is 0.826. The predicted molar refractivity (Wildman–Crippen MR) is 63.7 cm³/mol. The first-order valence-corrected chi connectivity index (χ1v) is 6.11. The highest BCUT2D eigenvalue weighted by molar-refractivity contribution is 5.39. The monoisotopic (exact) mass is 218 g/mol. The average molecular weight is 218 g/mol. The van der Waals surface area contributed by atoms with E-state index < -0.39 is 0 Å². The number of rotatable bonds is 3. The zero-order valence-electron chi connectivity index (χ0n) is 9.69. The van der Waals surface area contributed by atoms with E-state index in [1.807, 2.05) is 12.3 Å². The summed E-state index contributed by atoms with van der Waals surface area (Å²) in [6.45, 7) is 2.19. The van der Waals surface area contributed by atoms with Gasteiger partial charge in [0.25, 0.3) is 0 Å². The number of aromatic nitrogens is 2. The molecule has 4 nitrogen and oxygen atoms in total. The normalized spacial score (nSPS) is 24.7. The summed E-state index contributed by atoms with van der Waals surface area (Å²) in [5.41, 5.74) is 0. The van der Waals surface area contributed by atoms with Crippen molar-refractivity contribution in [1.82, 2.24) is 15.3 Å². The Labute approximate surface area is 96.1 Å². The Morgan fingerprint density at radius 1 is 1.38 bits per heavy atom. The lowest BCUT2D eigenvalue weighted by molar-refractivity contribution is 0.673. The van der Waals surface area contributed by atoms with Gasteiger partial charge < -0.3 is 10.2 Å². The van der Waals surface area contributed by atoms with Crippen molar-refractivity contribution in [3.05, 3.63) is 18.1 Å². The maximum atomic E-state index is 4.67. The van der Waals surface area contributed by atoms with E-state index in [-0.39, 0.29) is 0 Å². The first-order valence-electron chi connectivity index (χ1n) is 6.11. The van der Waals surface area contributed by atoms with E-state index in [9.17, 15) is 0 Å². The van der Waals surface area contributed by atoms with Crippen molar-refractivity contribution in [3.8, 4) is 0 Å². The van der Waals surface area contributed by atoms with Crippen LogP contribution < -0.4 is 10.2 Å². The van der Waals surface area contributed by atoms with Crippen molar-refractivity contribution in [2.75, 3.05) is 25.0 Å². The van der Waals surface area contributed by atoms with Gasteiger partial charge in [-0.3, -0.25) is 0 Å². The Kier molecular flexibility index (Phi) is 2.52. The third-order valence-corrected chi connectivity index (χ3v) is 3.55. The number of nitrogens with zero attached hydrogens (tertiary/aromatic N) is 3. The van der Waals surface area contributed by atoms with Gasteiger partial charge in [0.1, 0.15) is 11.6 Å². The van der Waals surface area contributed by atoms with Gasteiger partial charge in [-0.15, -0.1) is 0 Å². The number of likely N-dealkylation sites (N-methyl/N-ethyl adjacent to an activating group) is 1. The van der Waals surface area contributed by atoms with Crippen LogP contribution >= 0.6 is 0 Å². The van der Waals surface area contributed by atoms with Crippen LogP contribution in [0.2, 0.25) is 0 Å². The smallest absolute Gasteiger partial charge is 0.133 e. The molecule has 0 bridgehead atoms.